The van der Waals surface area contributed by atoms with Crippen LogP contribution in [-0.2, 0) is 14.3 Å². The zero-order valence-electron chi connectivity index (χ0n) is 42.8. The van der Waals surface area contributed by atoms with Crippen LogP contribution in [0.25, 0.3) is 0 Å². The number of aliphatic hydroxyl groups is 2. The van der Waals surface area contributed by atoms with Gasteiger partial charge in [-0.3, -0.25) is 9.59 Å². The third-order valence-corrected chi connectivity index (χ3v) is 11.6. The lowest BCUT2D eigenvalue weighted by molar-refractivity contribution is -0.151. The molecule has 0 aliphatic rings. The van der Waals surface area contributed by atoms with Crippen LogP contribution < -0.4 is 5.32 Å². The molecule has 0 aromatic heterocycles. The van der Waals surface area contributed by atoms with Crippen LogP contribution in [0.2, 0.25) is 0 Å². The first-order valence-corrected chi connectivity index (χ1v) is 27.1. The molecule has 3 N–H and O–H groups in total. The molecule has 0 saturated heterocycles. The molecule has 0 spiro atoms. The number of allylic oxidation sites excluding steroid dienone is 18. The van der Waals surface area contributed by atoms with E-state index in [0.29, 0.717) is 19.3 Å². The second-order valence-corrected chi connectivity index (χ2v) is 17.9. The molecule has 0 fully saturated rings. The van der Waals surface area contributed by atoms with Crippen LogP contribution in [0, 0.1) is 0 Å². The van der Waals surface area contributed by atoms with Crippen molar-refractivity contribution in [2.75, 3.05) is 6.61 Å². The topological polar surface area (TPSA) is 95.9 Å². The number of nitrogens with one attached hydrogen (secondary N) is 1. The summed E-state index contributed by atoms with van der Waals surface area (Å²) in [6.45, 7) is 6.23. The lowest BCUT2D eigenvalue weighted by Gasteiger charge is -2.24. The summed E-state index contributed by atoms with van der Waals surface area (Å²) in [6, 6.07) is -0.733. The highest BCUT2D eigenvalue weighted by Gasteiger charge is 2.24. The first-order valence-electron chi connectivity index (χ1n) is 27.1. The molecule has 0 aliphatic heterocycles. The molecular weight excluding hydrogens is 815 g/mol. The molecule has 6 heteroatoms. The van der Waals surface area contributed by atoms with Crippen molar-refractivity contribution in [2.24, 2.45) is 0 Å². The third kappa shape index (κ3) is 47.0. The van der Waals surface area contributed by atoms with E-state index in [0.717, 1.165) is 116 Å². The van der Waals surface area contributed by atoms with Crippen LogP contribution in [0.1, 0.15) is 233 Å². The Balaban J connectivity index is 4.71. The Morgan fingerprint density at radius 3 is 1.26 bits per heavy atom. The van der Waals surface area contributed by atoms with E-state index in [9.17, 15) is 19.8 Å². The van der Waals surface area contributed by atoms with Crippen molar-refractivity contribution in [3.05, 3.63) is 109 Å². The number of rotatable bonds is 47. The van der Waals surface area contributed by atoms with E-state index in [1.54, 1.807) is 0 Å². The Bertz CT molecular complexity index is 1350. The molecule has 66 heavy (non-hydrogen) atoms. The van der Waals surface area contributed by atoms with E-state index in [-0.39, 0.29) is 24.9 Å². The van der Waals surface area contributed by atoms with Gasteiger partial charge < -0.3 is 20.3 Å². The Morgan fingerprint density at radius 1 is 0.455 bits per heavy atom. The smallest absolute Gasteiger partial charge is 0.306 e. The van der Waals surface area contributed by atoms with Crippen LogP contribution in [0.15, 0.2) is 109 Å². The minimum absolute atomic E-state index is 0.0199. The third-order valence-electron chi connectivity index (χ3n) is 11.6. The molecule has 0 heterocycles. The summed E-state index contributed by atoms with van der Waals surface area (Å²) < 4.78 is 5.90. The summed E-state index contributed by atoms with van der Waals surface area (Å²) in [4.78, 5) is 26.2. The van der Waals surface area contributed by atoms with Crippen molar-refractivity contribution in [3.8, 4) is 0 Å². The van der Waals surface area contributed by atoms with Gasteiger partial charge in [-0.05, 0) is 103 Å². The standard InChI is InChI=1S/C60H101NO5/c1-4-7-10-13-16-19-22-25-28-29-30-31-32-35-38-41-44-47-50-53-60(65)66-56(51-48-45-42-39-36-33-26-23-20-17-14-11-8-5-2)54-59(64)61-57(55-62)58(63)52-49-46-43-40-37-34-27-24-21-18-15-12-9-6-3/h7-8,10-11,16-17,19-20,25-26,28,30-31,33,35,38-39,42,56-58,62-63H,4-6,9,12-15,18,21-24,27,29,32,34,36-37,40-41,43-55H2,1-3H3,(H,61,64)/b10-7-,11-8+,19-16-,20-17+,28-25-,31-30-,33-26+,38-35-,42-39+. The number of aliphatic hydroxyl groups excluding tert-OH is 2. The predicted octanol–water partition coefficient (Wildman–Crippen LogP) is 16.7. The van der Waals surface area contributed by atoms with E-state index < -0.39 is 18.2 Å². The van der Waals surface area contributed by atoms with Crippen molar-refractivity contribution in [2.45, 2.75) is 251 Å². The molecule has 0 saturated carbocycles. The number of carbonyl (C=O) groups excluding carboxylic acids is 2. The summed E-state index contributed by atoms with van der Waals surface area (Å²) >= 11 is 0. The van der Waals surface area contributed by atoms with E-state index in [2.05, 4.69) is 135 Å². The van der Waals surface area contributed by atoms with Gasteiger partial charge in [0.15, 0.2) is 0 Å². The maximum Gasteiger partial charge on any atom is 0.306 e. The van der Waals surface area contributed by atoms with E-state index in [1.807, 2.05) is 0 Å². The number of esters is 1. The highest BCUT2D eigenvalue weighted by atomic mass is 16.5. The van der Waals surface area contributed by atoms with Gasteiger partial charge in [0.05, 0.1) is 25.2 Å². The number of ether oxygens (including phenoxy) is 1. The van der Waals surface area contributed by atoms with Crippen LogP contribution in [-0.4, -0.2) is 46.9 Å². The zero-order chi connectivity index (χ0) is 48.1. The van der Waals surface area contributed by atoms with Crippen LogP contribution in [0.4, 0.5) is 0 Å². The molecule has 0 aromatic carbocycles. The van der Waals surface area contributed by atoms with Crippen LogP contribution in [0.3, 0.4) is 0 Å². The van der Waals surface area contributed by atoms with Crippen molar-refractivity contribution >= 4 is 11.9 Å². The predicted molar refractivity (Wildman–Crippen MR) is 287 cm³/mol. The van der Waals surface area contributed by atoms with E-state index >= 15 is 0 Å². The summed E-state index contributed by atoms with van der Waals surface area (Å²) in [7, 11) is 0. The van der Waals surface area contributed by atoms with E-state index in [1.165, 1.54) is 70.6 Å². The zero-order valence-corrected chi connectivity index (χ0v) is 42.8. The molecule has 0 radical (unpaired) electrons. The maximum absolute atomic E-state index is 13.2. The highest BCUT2D eigenvalue weighted by molar-refractivity contribution is 5.77. The first kappa shape index (κ1) is 62.5. The Labute approximate surface area is 407 Å². The van der Waals surface area contributed by atoms with Gasteiger partial charge in [0.2, 0.25) is 5.91 Å². The minimum Gasteiger partial charge on any atom is -0.462 e. The van der Waals surface area contributed by atoms with Gasteiger partial charge in [-0.2, -0.15) is 0 Å². The number of amides is 1. The summed E-state index contributed by atoms with van der Waals surface area (Å²) in [5.74, 6) is -0.574. The first-order chi connectivity index (χ1) is 32.5. The molecule has 0 aromatic rings. The number of unbranched alkanes of at least 4 members (excludes halogenated alkanes) is 17. The minimum atomic E-state index is -0.815. The second kappa shape index (κ2) is 52.5. The lowest BCUT2D eigenvalue weighted by atomic mass is 10.0. The average Bonchev–Trinajstić information content (AvgIpc) is 3.31. The quantitative estimate of drug-likeness (QED) is 0.0321. The molecule has 6 nitrogen and oxygen atoms in total. The highest BCUT2D eigenvalue weighted by Crippen LogP contribution is 2.17. The lowest BCUT2D eigenvalue weighted by Crippen LogP contribution is -2.46. The van der Waals surface area contributed by atoms with Crippen molar-refractivity contribution in [1.82, 2.24) is 5.32 Å². The number of hydrogen-bond donors (Lipinski definition) is 3. The van der Waals surface area contributed by atoms with Gasteiger partial charge in [0, 0.05) is 6.42 Å². The molecule has 1 amide bonds. The molecule has 3 atom stereocenters. The van der Waals surface area contributed by atoms with Gasteiger partial charge in [-0.1, -0.05) is 226 Å². The van der Waals surface area contributed by atoms with Crippen molar-refractivity contribution < 1.29 is 24.5 Å². The van der Waals surface area contributed by atoms with Crippen LogP contribution in [0.5, 0.6) is 0 Å². The van der Waals surface area contributed by atoms with Gasteiger partial charge in [-0.25, -0.2) is 0 Å². The maximum atomic E-state index is 13.2. The SMILES string of the molecule is CC/C=C\C/C=C\C/C=C\C/C=C\C/C=C\CCCCCC(=O)OC(CCC/C=C/C/C=C/C/C=C/C/C=C/CC)CC(=O)NC(CO)C(O)CCCCCCCCCCCCCCCC. The molecule has 376 valence electrons. The monoisotopic (exact) mass is 916 g/mol. The fourth-order valence-corrected chi connectivity index (χ4v) is 7.57. The van der Waals surface area contributed by atoms with Crippen molar-refractivity contribution in [1.29, 1.82) is 0 Å². The summed E-state index contributed by atoms with van der Waals surface area (Å²) in [6.07, 6.45) is 71.5. The fraction of sp³-hybridized carbons (Fsp3) is 0.667. The molecule has 0 bridgehead atoms. The number of carbonyl (C=O) groups is 2. The summed E-state index contributed by atoms with van der Waals surface area (Å²) in [5.41, 5.74) is 0. The molecule has 3 unspecified atom stereocenters. The Morgan fingerprint density at radius 2 is 0.833 bits per heavy atom. The van der Waals surface area contributed by atoms with Gasteiger partial charge in [0.25, 0.3) is 0 Å². The second-order valence-electron chi connectivity index (χ2n) is 17.9. The Kier molecular flexibility index (Phi) is 49.7. The van der Waals surface area contributed by atoms with Gasteiger partial charge >= 0.3 is 5.97 Å². The molecule has 0 aliphatic carbocycles. The van der Waals surface area contributed by atoms with Gasteiger partial charge in [-0.15, -0.1) is 0 Å². The van der Waals surface area contributed by atoms with Crippen LogP contribution >= 0.6 is 0 Å². The largest absolute Gasteiger partial charge is 0.462 e. The molecular formula is C60H101NO5. The van der Waals surface area contributed by atoms with Gasteiger partial charge in [0.1, 0.15) is 6.10 Å². The summed E-state index contributed by atoms with van der Waals surface area (Å²) in [5, 5.41) is 23.8. The Hall–Kier alpha value is -3.48. The fourth-order valence-electron chi connectivity index (χ4n) is 7.57. The average molecular weight is 916 g/mol. The van der Waals surface area contributed by atoms with Crippen molar-refractivity contribution in [3.63, 3.8) is 0 Å². The normalized spacial score (nSPS) is 14.1. The molecule has 0 rings (SSSR count). The van der Waals surface area contributed by atoms with E-state index in [4.69, 9.17) is 4.74 Å². The number of hydrogen-bond acceptors (Lipinski definition) is 5.